The summed E-state index contributed by atoms with van der Waals surface area (Å²) in [5.41, 5.74) is 6.23. The molecular weight excluding hydrogens is 414 g/mol. The highest BCUT2D eigenvalue weighted by atomic mass is 79.9. The molecular formula is C20H15Br2N. The summed E-state index contributed by atoms with van der Waals surface area (Å²) in [6.07, 6.45) is 0. The molecule has 3 heteroatoms. The van der Waals surface area contributed by atoms with Gasteiger partial charge in [0.05, 0.1) is 11.0 Å². The molecule has 0 aliphatic carbocycles. The number of hydrogen-bond donors (Lipinski definition) is 0. The normalized spacial score (nSPS) is 11.5. The van der Waals surface area contributed by atoms with Crippen LogP contribution in [0.2, 0.25) is 0 Å². The Kier molecular flexibility index (Phi) is 3.58. The number of hydrogen-bond acceptors (Lipinski definition) is 0. The Morgan fingerprint density at radius 2 is 1.13 bits per heavy atom. The molecule has 0 spiro atoms. The Bertz CT molecular complexity index is 981. The van der Waals surface area contributed by atoms with Gasteiger partial charge in [0.15, 0.2) is 0 Å². The lowest BCUT2D eigenvalue weighted by molar-refractivity contribution is 1.16. The van der Waals surface area contributed by atoms with Crippen LogP contribution in [0.4, 0.5) is 0 Å². The van der Waals surface area contributed by atoms with E-state index < -0.39 is 0 Å². The summed E-state index contributed by atoms with van der Waals surface area (Å²) >= 11 is 7.21. The molecule has 4 rings (SSSR count). The summed E-state index contributed by atoms with van der Waals surface area (Å²) in [7, 11) is 0. The maximum absolute atomic E-state index is 3.60. The number of benzene rings is 3. The van der Waals surface area contributed by atoms with E-state index in [1.807, 2.05) is 0 Å². The standard InChI is InChI=1S/C20H15Br2N/c1-12-7-13(2)9-16(8-12)23-19-5-3-14(21)10-17(19)18-11-15(22)4-6-20(18)23/h3-11H,1-2H3. The molecule has 23 heavy (non-hydrogen) atoms. The van der Waals surface area contributed by atoms with Crippen molar-refractivity contribution in [1.82, 2.24) is 4.57 Å². The molecule has 0 fully saturated rings. The lowest BCUT2D eigenvalue weighted by Gasteiger charge is -2.10. The molecule has 0 amide bonds. The van der Waals surface area contributed by atoms with Gasteiger partial charge in [0, 0.05) is 25.4 Å². The Labute approximate surface area is 152 Å². The van der Waals surface area contributed by atoms with Crippen molar-refractivity contribution in [2.24, 2.45) is 0 Å². The SMILES string of the molecule is Cc1cc(C)cc(-n2c3ccc(Br)cc3c3cc(Br)ccc32)c1. The fraction of sp³-hybridized carbons (Fsp3) is 0.100. The van der Waals surface area contributed by atoms with E-state index >= 15 is 0 Å². The summed E-state index contributed by atoms with van der Waals surface area (Å²) in [4.78, 5) is 0. The first-order valence-electron chi connectivity index (χ1n) is 7.51. The number of fused-ring (bicyclic) bond motifs is 3. The molecule has 0 unspecified atom stereocenters. The number of halogens is 2. The molecule has 0 N–H and O–H groups in total. The van der Waals surface area contributed by atoms with Gasteiger partial charge in [-0.25, -0.2) is 0 Å². The second-order valence-electron chi connectivity index (χ2n) is 6.00. The maximum Gasteiger partial charge on any atom is 0.0541 e. The molecule has 0 saturated heterocycles. The minimum atomic E-state index is 1.10. The van der Waals surface area contributed by atoms with E-state index in [2.05, 4.69) is 105 Å². The first-order valence-corrected chi connectivity index (χ1v) is 9.09. The van der Waals surface area contributed by atoms with Crippen molar-refractivity contribution in [2.75, 3.05) is 0 Å². The fourth-order valence-electron chi connectivity index (χ4n) is 3.33. The van der Waals surface area contributed by atoms with E-state index in [1.165, 1.54) is 38.6 Å². The zero-order chi connectivity index (χ0) is 16.1. The Morgan fingerprint density at radius 3 is 1.61 bits per heavy atom. The Balaban J connectivity index is 2.19. The van der Waals surface area contributed by atoms with Crippen LogP contribution in [0.15, 0.2) is 63.5 Å². The zero-order valence-electron chi connectivity index (χ0n) is 12.9. The average Bonchev–Trinajstić information content (AvgIpc) is 2.79. The average molecular weight is 429 g/mol. The van der Waals surface area contributed by atoms with E-state index in [4.69, 9.17) is 0 Å². The monoisotopic (exact) mass is 427 g/mol. The van der Waals surface area contributed by atoms with Gasteiger partial charge in [-0.15, -0.1) is 0 Å². The minimum absolute atomic E-state index is 1.10. The summed E-state index contributed by atoms with van der Waals surface area (Å²) < 4.78 is 4.55. The van der Waals surface area contributed by atoms with Gasteiger partial charge in [0.1, 0.15) is 0 Å². The van der Waals surface area contributed by atoms with Crippen molar-refractivity contribution in [3.05, 3.63) is 74.7 Å². The van der Waals surface area contributed by atoms with Crippen LogP contribution in [0.25, 0.3) is 27.5 Å². The van der Waals surface area contributed by atoms with E-state index in [9.17, 15) is 0 Å². The summed E-state index contributed by atoms with van der Waals surface area (Å²) in [5, 5.41) is 2.52. The maximum atomic E-state index is 3.60. The van der Waals surface area contributed by atoms with Crippen LogP contribution in [-0.2, 0) is 0 Å². The molecule has 1 aromatic heterocycles. The molecule has 4 aromatic rings. The second kappa shape index (κ2) is 5.50. The summed E-state index contributed by atoms with van der Waals surface area (Å²) in [6, 6.07) is 19.7. The lowest BCUT2D eigenvalue weighted by Crippen LogP contribution is -1.95. The molecule has 0 saturated carbocycles. The van der Waals surface area contributed by atoms with Crippen molar-refractivity contribution in [1.29, 1.82) is 0 Å². The molecule has 3 aromatic carbocycles. The van der Waals surface area contributed by atoms with Crippen molar-refractivity contribution in [3.63, 3.8) is 0 Å². The molecule has 1 nitrogen and oxygen atoms in total. The van der Waals surface area contributed by atoms with Gasteiger partial charge >= 0.3 is 0 Å². The second-order valence-corrected chi connectivity index (χ2v) is 7.84. The molecule has 0 aliphatic heterocycles. The molecule has 0 radical (unpaired) electrons. The third kappa shape index (κ3) is 2.52. The number of aryl methyl sites for hydroxylation is 2. The Morgan fingerprint density at radius 1 is 0.652 bits per heavy atom. The van der Waals surface area contributed by atoms with Gasteiger partial charge < -0.3 is 4.57 Å². The smallest absolute Gasteiger partial charge is 0.0541 e. The minimum Gasteiger partial charge on any atom is -0.309 e. The highest BCUT2D eigenvalue weighted by Gasteiger charge is 2.13. The third-order valence-electron chi connectivity index (χ3n) is 4.15. The van der Waals surface area contributed by atoms with Crippen LogP contribution in [-0.4, -0.2) is 4.57 Å². The molecule has 0 atom stereocenters. The van der Waals surface area contributed by atoms with E-state index in [1.54, 1.807) is 0 Å². The van der Waals surface area contributed by atoms with Gasteiger partial charge in [-0.2, -0.15) is 0 Å². The van der Waals surface area contributed by atoms with Crippen molar-refractivity contribution in [3.8, 4) is 5.69 Å². The molecule has 0 aliphatic rings. The van der Waals surface area contributed by atoms with Crippen LogP contribution < -0.4 is 0 Å². The van der Waals surface area contributed by atoms with E-state index in [0.29, 0.717) is 0 Å². The molecule has 1 heterocycles. The van der Waals surface area contributed by atoms with Crippen LogP contribution in [0.1, 0.15) is 11.1 Å². The highest BCUT2D eigenvalue weighted by molar-refractivity contribution is 9.10. The van der Waals surface area contributed by atoms with Gasteiger partial charge in [0.2, 0.25) is 0 Å². The van der Waals surface area contributed by atoms with E-state index in [0.717, 1.165) is 8.95 Å². The van der Waals surface area contributed by atoms with Crippen LogP contribution in [0, 0.1) is 13.8 Å². The summed E-state index contributed by atoms with van der Waals surface area (Å²) in [6.45, 7) is 4.30. The fourth-order valence-corrected chi connectivity index (χ4v) is 4.05. The predicted octanol–water partition coefficient (Wildman–Crippen LogP) is 6.93. The summed E-state index contributed by atoms with van der Waals surface area (Å²) in [5.74, 6) is 0. The van der Waals surface area contributed by atoms with Crippen LogP contribution >= 0.6 is 31.9 Å². The van der Waals surface area contributed by atoms with E-state index in [-0.39, 0.29) is 0 Å². The highest BCUT2D eigenvalue weighted by Crippen LogP contribution is 2.35. The first-order chi connectivity index (χ1) is 11.0. The number of nitrogens with zero attached hydrogens (tertiary/aromatic N) is 1. The van der Waals surface area contributed by atoms with Crippen molar-refractivity contribution in [2.45, 2.75) is 13.8 Å². The van der Waals surface area contributed by atoms with Gasteiger partial charge in [-0.1, -0.05) is 37.9 Å². The lowest BCUT2D eigenvalue weighted by atomic mass is 10.1. The third-order valence-corrected chi connectivity index (χ3v) is 5.14. The number of aromatic nitrogens is 1. The van der Waals surface area contributed by atoms with Gasteiger partial charge in [-0.3, -0.25) is 0 Å². The molecule has 114 valence electrons. The van der Waals surface area contributed by atoms with Crippen LogP contribution in [0.3, 0.4) is 0 Å². The van der Waals surface area contributed by atoms with Gasteiger partial charge in [0.25, 0.3) is 0 Å². The van der Waals surface area contributed by atoms with Gasteiger partial charge in [-0.05, 0) is 73.5 Å². The Hall–Kier alpha value is -1.58. The largest absolute Gasteiger partial charge is 0.309 e. The van der Waals surface area contributed by atoms with Crippen LogP contribution in [0.5, 0.6) is 0 Å². The topological polar surface area (TPSA) is 4.93 Å². The van der Waals surface area contributed by atoms with Crippen molar-refractivity contribution >= 4 is 53.7 Å². The predicted molar refractivity (Wildman–Crippen MR) is 106 cm³/mol. The number of rotatable bonds is 1. The molecule has 0 bridgehead atoms. The quantitative estimate of drug-likeness (QED) is 0.310. The van der Waals surface area contributed by atoms with Crippen molar-refractivity contribution < 1.29 is 0 Å². The first kappa shape index (κ1) is 15.0. The zero-order valence-corrected chi connectivity index (χ0v) is 16.1.